The maximum Gasteiger partial charge on any atom is 0.241 e. The van der Waals surface area contributed by atoms with Gasteiger partial charge in [-0.3, -0.25) is 14.9 Å². The third kappa shape index (κ3) is 2.67. The zero-order valence-electron chi connectivity index (χ0n) is 12.1. The molecule has 5 nitrogen and oxygen atoms in total. The molecule has 20 heavy (non-hydrogen) atoms. The summed E-state index contributed by atoms with van der Waals surface area (Å²) in [6.45, 7) is 4.04. The first-order valence-corrected chi connectivity index (χ1v) is 6.96. The Labute approximate surface area is 119 Å². The van der Waals surface area contributed by atoms with Gasteiger partial charge in [-0.2, -0.15) is 0 Å². The van der Waals surface area contributed by atoms with Gasteiger partial charge in [0.25, 0.3) is 0 Å². The fraction of sp³-hybridized carbons (Fsp3) is 0.467. The van der Waals surface area contributed by atoms with Gasteiger partial charge in [0.15, 0.2) is 0 Å². The second-order valence-corrected chi connectivity index (χ2v) is 5.15. The van der Waals surface area contributed by atoms with Crippen LogP contribution in [0.15, 0.2) is 24.3 Å². The molecule has 1 unspecified atom stereocenters. The highest BCUT2D eigenvalue weighted by Crippen LogP contribution is 2.28. The lowest BCUT2D eigenvalue weighted by molar-refractivity contribution is -0.124. The monoisotopic (exact) mass is 275 g/mol. The number of hydrogen-bond donors (Lipinski definition) is 3. The summed E-state index contributed by atoms with van der Waals surface area (Å²) in [6, 6.07) is 6.50. The van der Waals surface area contributed by atoms with Crippen molar-refractivity contribution in [1.29, 1.82) is 0 Å². The van der Waals surface area contributed by atoms with E-state index in [-0.39, 0.29) is 23.8 Å². The largest absolute Gasteiger partial charge is 0.358 e. The number of amides is 2. The highest BCUT2D eigenvalue weighted by Gasteiger charge is 2.34. The minimum atomic E-state index is -0.519. The SMILES string of the molecule is CC[C@H](C)[C@@H]1NC(C(=O)NC)c2ccccc2NC1=O. The van der Waals surface area contributed by atoms with Crippen LogP contribution in [0.4, 0.5) is 5.69 Å². The van der Waals surface area contributed by atoms with Crippen molar-refractivity contribution in [2.75, 3.05) is 12.4 Å². The predicted molar refractivity (Wildman–Crippen MR) is 78.3 cm³/mol. The minimum Gasteiger partial charge on any atom is -0.358 e. The lowest BCUT2D eigenvalue weighted by Crippen LogP contribution is -2.47. The van der Waals surface area contributed by atoms with Crippen LogP contribution in [0.5, 0.6) is 0 Å². The first-order valence-electron chi connectivity index (χ1n) is 6.96. The Bertz CT molecular complexity index is 516. The molecular weight excluding hydrogens is 254 g/mol. The third-order valence-corrected chi connectivity index (χ3v) is 3.88. The number of hydrogen-bond acceptors (Lipinski definition) is 3. The van der Waals surface area contributed by atoms with Crippen LogP contribution in [0, 0.1) is 5.92 Å². The molecule has 1 aliphatic heterocycles. The molecule has 2 rings (SSSR count). The summed E-state index contributed by atoms with van der Waals surface area (Å²) >= 11 is 0. The summed E-state index contributed by atoms with van der Waals surface area (Å²) in [5.74, 6) is -0.0723. The van der Waals surface area contributed by atoms with Gasteiger partial charge in [0, 0.05) is 18.3 Å². The van der Waals surface area contributed by atoms with Crippen molar-refractivity contribution in [2.24, 2.45) is 5.92 Å². The van der Waals surface area contributed by atoms with Crippen molar-refractivity contribution in [3.8, 4) is 0 Å². The number of anilines is 1. The van der Waals surface area contributed by atoms with E-state index in [0.717, 1.165) is 12.0 Å². The van der Waals surface area contributed by atoms with Crippen molar-refractivity contribution in [1.82, 2.24) is 10.6 Å². The Hall–Kier alpha value is -1.88. The Morgan fingerprint density at radius 2 is 2.10 bits per heavy atom. The first-order chi connectivity index (χ1) is 9.58. The van der Waals surface area contributed by atoms with Crippen LogP contribution in [-0.2, 0) is 9.59 Å². The van der Waals surface area contributed by atoms with E-state index in [4.69, 9.17) is 0 Å². The van der Waals surface area contributed by atoms with E-state index in [0.29, 0.717) is 5.69 Å². The average Bonchev–Trinajstić information content (AvgIpc) is 2.62. The zero-order chi connectivity index (χ0) is 14.7. The molecule has 1 aromatic rings. The zero-order valence-corrected chi connectivity index (χ0v) is 12.1. The molecule has 0 saturated heterocycles. The van der Waals surface area contributed by atoms with Gasteiger partial charge in [0.1, 0.15) is 6.04 Å². The molecule has 0 bridgehead atoms. The Kier molecular flexibility index (Phi) is 4.39. The van der Waals surface area contributed by atoms with Gasteiger partial charge in [-0.15, -0.1) is 0 Å². The standard InChI is InChI=1S/C15H21N3O2/c1-4-9(2)12-15(20)17-11-8-6-5-7-10(11)13(18-12)14(19)16-3/h5-9,12-13,18H,4H2,1-3H3,(H,16,19)(H,17,20)/t9-,12-,13?/m0/s1. The number of carbonyl (C=O) groups is 2. The molecule has 3 atom stereocenters. The summed E-state index contributed by atoms with van der Waals surface area (Å²) in [4.78, 5) is 24.5. The maximum atomic E-state index is 12.3. The molecular formula is C15H21N3O2. The number of nitrogens with one attached hydrogen (secondary N) is 3. The molecule has 2 amide bonds. The predicted octanol–water partition coefficient (Wildman–Crippen LogP) is 1.43. The maximum absolute atomic E-state index is 12.3. The summed E-state index contributed by atoms with van der Waals surface area (Å²) in [5, 5.41) is 8.77. The van der Waals surface area contributed by atoms with Gasteiger partial charge in [-0.25, -0.2) is 0 Å². The highest BCUT2D eigenvalue weighted by molar-refractivity contribution is 5.99. The first kappa shape index (κ1) is 14.5. The van der Waals surface area contributed by atoms with E-state index in [1.54, 1.807) is 7.05 Å². The van der Waals surface area contributed by atoms with Gasteiger partial charge in [-0.05, 0) is 12.0 Å². The van der Waals surface area contributed by atoms with Crippen LogP contribution >= 0.6 is 0 Å². The molecule has 0 aromatic heterocycles. The molecule has 0 fully saturated rings. The quantitative estimate of drug-likeness (QED) is 0.781. The molecule has 108 valence electrons. The second-order valence-electron chi connectivity index (χ2n) is 5.15. The summed E-state index contributed by atoms with van der Waals surface area (Å²) in [7, 11) is 1.60. The van der Waals surface area contributed by atoms with E-state index in [1.807, 2.05) is 38.1 Å². The molecule has 3 N–H and O–H groups in total. The topological polar surface area (TPSA) is 70.2 Å². The molecule has 0 radical (unpaired) electrons. The Balaban J connectivity index is 2.42. The molecule has 1 aromatic carbocycles. The average molecular weight is 275 g/mol. The van der Waals surface area contributed by atoms with Crippen molar-refractivity contribution < 1.29 is 9.59 Å². The smallest absolute Gasteiger partial charge is 0.241 e. The van der Waals surface area contributed by atoms with Crippen molar-refractivity contribution in [3.63, 3.8) is 0 Å². The van der Waals surface area contributed by atoms with Crippen molar-refractivity contribution >= 4 is 17.5 Å². The molecule has 0 aliphatic carbocycles. The molecule has 1 aliphatic rings. The van der Waals surface area contributed by atoms with Crippen LogP contribution in [0.25, 0.3) is 0 Å². The fourth-order valence-electron chi connectivity index (χ4n) is 2.44. The number of carbonyl (C=O) groups excluding carboxylic acids is 2. The summed E-state index contributed by atoms with van der Waals surface area (Å²) in [6.07, 6.45) is 0.863. The van der Waals surface area contributed by atoms with Crippen molar-refractivity contribution in [3.05, 3.63) is 29.8 Å². The highest BCUT2D eigenvalue weighted by atomic mass is 16.2. The van der Waals surface area contributed by atoms with Crippen molar-refractivity contribution in [2.45, 2.75) is 32.4 Å². The number of para-hydroxylation sites is 1. The number of rotatable bonds is 3. The van der Waals surface area contributed by atoms with Gasteiger partial charge < -0.3 is 10.6 Å². The second kappa shape index (κ2) is 6.05. The molecule has 1 heterocycles. The summed E-state index contributed by atoms with van der Waals surface area (Å²) in [5.41, 5.74) is 1.50. The lowest BCUT2D eigenvalue weighted by Gasteiger charge is -2.24. The van der Waals surface area contributed by atoms with E-state index < -0.39 is 6.04 Å². The van der Waals surface area contributed by atoms with E-state index in [2.05, 4.69) is 16.0 Å². The van der Waals surface area contributed by atoms with Crippen LogP contribution in [0.1, 0.15) is 31.9 Å². The Morgan fingerprint density at radius 1 is 1.40 bits per heavy atom. The van der Waals surface area contributed by atoms with Gasteiger partial charge in [-0.1, -0.05) is 38.5 Å². The van der Waals surface area contributed by atoms with Crippen LogP contribution < -0.4 is 16.0 Å². The van der Waals surface area contributed by atoms with Gasteiger partial charge in [0.05, 0.1) is 6.04 Å². The number of likely N-dealkylation sites (N-methyl/N-ethyl adjacent to an activating group) is 1. The third-order valence-electron chi connectivity index (χ3n) is 3.88. The molecule has 5 heteroatoms. The van der Waals surface area contributed by atoms with Crippen LogP contribution in [0.2, 0.25) is 0 Å². The Morgan fingerprint density at radius 3 is 2.75 bits per heavy atom. The lowest BCUT2D eigenvalue weighted by atomic mass is 9.97. The minimum absolute atomic E-state index is 0.0850. The van der Waals surface area contributed by atoms with Gasteiger partial charge in [0.2, 0.25) is 11.8 Å². The van der Waals surface area contributed by atoms with Crippen LogP contribution in [-0.4, -0.2) is 24.9 Å². The van der Waals surface area contributed by atoms with E-state index in [1.165, 1.54) is 0 Å². The fourth-order valence-corrected chi connectivity index (χ4v) is 2.44. The van der Waals surface area contributed by atoms with Crippen LogP contribution in [0.3, 0.4) is 0 Å². The van der Waals surface area contributed by atoms with E-state index >= 15 is 0 Å². The molecule has 0 saturated carbocycles. The van der Waals surface area contributed by atoms with Gasteiger partial charge >= 0.3 is 0 Å². The number of fused-ring (bicyclic) bond motifs is 1. The van der Waals surface area contributed by atoms with E-state index in [9.17, 15) is 9.59 Å². The number of benzene rings is 1. The normalized spacial score (nSPS) is 23.2. The summed E-state index contributed by atoms with van der Waals surface area (Å²) < 4.78 is 0. The molecule has 0 spiro atoms.